The van der Waals surface area contributed by atoms with Crippen molar-refractivity contribution in [3.05, 3.63) is 51.4 Å². The lowest BCUT2D eigenvalue weighted by molar-refractivity contribution is -0.116. The summed E-state index contributed by atoms with van der Waals surface area (Å²) >= 11 is 12.2. The lowest BCUT2D eigenvalue weighted by Crippen LogP contribution is -2.35. The van der Waals surface area contributed by atoms with Gasteiger partial charge < -0.3 is 15.8 Å². The molecule has 0 radical (unpaired) electrons. The molecular weight excluding hydrogens is 428 g/mol. The first kappa shape index (κ1) is 22.2. The van der Waals surface area contributed by atoms with Crippen molar-refractivity contribution in [1.29, 1.82) is 0 Å². The summed E-state index contributed by atoms with van der Waals surface area (Å²) in [5.74, 6) is 4.79. The van der Waals surface area contributed by atoms with E-state index in [9.17, 15) is 9.18 Å². The van der Waals surface area contributed by atoms with Crippen LogP contribution in [-0.4, -0.2) is 16.9 Å². The minimum atomic E-state index is -0.692. The van der Waals surface area contributed by atoms with Crippen LogP contribution in [0.25, 0.3) is 0 Å². The van der Waals surface area contributed by atoms with Crippen molar-refractivity contribution < 1.29 is 13.9 Å². The number of amides is 1. The molecule has 1 atom stereocenters. The first-order valence-electron chi connectivity index (χ1n) is 9.73. The van der Waals surface area contributed by atoms with Crippen LogP contribution in [0.4, 0.5) is 10.2 Å². The summed E-state index contributed by atoms with van der Waals surface area (Å²) in [6.45, 7) is 1.67. The number of nitrogens with zero attached hydrogens (tertiary/aromatic N) is 1. The molecule has 1 aliphatic carbocycles. The van der Waals surface area contributed by atoms with Crippen molar-refractivity contribution in [1.82, 2.24) is 10.3 Å². The van der Waals surface area contributed by atoms with Crippen LogP contribution in [0, 0.1) is 17.7 Å². The number of carbonyl (C=O) groups is 1. The molecule has 1 fully saturated rings. The average Bonchev–Trinajstić information content (AvgIpc) is 2.72. The highest BCUT2D eigenvalue weighted by atomic mass is 35.5. The minimum absolute atomic E-state index is 0.114. The number of anilines is 1. The minimum Gasteiger partial charge on any atom is -0.482 e. The van der Waals surface area contributed by atoms with Gasteiger partial charge in [0.25, 0.3) is 5.91 Å². The van der Waals surface area contributed by atoms with E-state index in [2.05, 4.69) is 22.1 Å². The normalized spacial score (nSPS) is 15.1. The molecule has 1 aliphatic rings. The largest absolute Gasteiger partial charge is 0.482 e. The van der Waals surface area contributed by atoms with Crippen LogP contribution in [-0.2, 0) is 4.79 Å². The van der Waals surface area contributed by atoms with Gasteiger partial charge >= 0.3 is 0 Å². The maximum absolute atomic E-state index is 13.8. The lowest BCUT2D eigenvalue weighted by atomic mass is 9.95. The molecule has 1 unspecified atom stereocenters. The molecular formula is C22H22Cl2FN3O2. The van der Waals surface area contributed by atoms with Gasteiger partial charge in [0.05, 0.1) is 5.02 Å². The second-order valence-corrected chi connectivity index (χ2v) is 7.97. The number of hydrogen-bond donors (Lipinski definition) is 2. The third-order valence-corrected chi connectivity index (χ3v) is 5.65. The second kappa shape index (κ2) is 10.0. The molecule has 1 saturated carbocycles. The summed E-state index contributed by atoms with van der Waals surface area (Å²) in [5, 5.41) is 3.09. The van der Waals surface area contributed by atoms with Crippen LogP contribution >= 0.6 is 23.2 Å². The molecule has 2 aromatic rings. The number of ether oxygens (including phenoxy) is 1. The molecule has 3 N–H and O–H groups in total. The molecule has 158 valence electrons. The molecule has 0 spiro atoms. The van der Waals surface area contributed by atoms with Gasteiger partial charge in [0.2, 0.25) is 0 Å². The monoisotopic (exact) mass is 449 g/mol. The Labute approximate surface area is 185 Å². The Kier molecular flexibility index (Phi) is 7.41. The zero-order chi connectivity index (χ0) is 21.7. The number of halogens is 3. The number of nitrogens with two attached hydrogens (primary N) is 1. The standard InChI is InChI=1S/C22H22Cl2FN3O2/c1-13(20-16(23)8-9-17(25)21(20)24)30-18-11-14(12-27-22(18)26)7-10-19(29)28-15-5-3-2-4-6-15/h8-9,11-13,15H,2-6H2,1H3,(H2,26,27)(H,28,29). The van der Waals surface area contributed by atoms with Crippen molar-refractivity contribution >= 4 is 34.9 Å². The van der Waals surface area contributed by atoms with Crippen LogP contribution in [0.1, 0.15) is 56.3 Å². The Morgan fingerprint density at radius 1 is 1.33 bits per heavy atom. The van der Waals surface area contributed by atoms with Crippen LogP contribution in [0.2, 0.25) is 10.0 Å². The summed E-state index contributed by atoms with van der Waals surface area (Å²) in [5.41, 5.74) is 6.66. The number of nitrogen functional groups attached to an aromatic ring is 1. The van der Waals surface area contributed by atoms with Gasteiger partial charge in [0.1, 0.15) is 11.9 Å². The Balaban J connectivity index is 1.73. The molecule has 30 heavy (non-hydrogen) atoms. The maximum Gasteiger partial charge on any atom is 0.296 e. The van der Waals surface area contributed by atoms with Crippen LogP contribution in [0.5, 0.6) is 5.75 Å². The van der Waals surface area contributed by atoms with Gasteiger partial charge in [0.15, 0.2) is 11.6 Å². The van der Waals surface area contributed by atoms with Crippen molar-refractivity contribution in [3.8, 4) is 17.6 Å². The SMILES string of the molecule is CC(Oc1cc(C#CC(=O)NC2CCCCC2)cnc1N)c1c(Cl)ccc(F)c1Cl. The van der Waals surface area contributed by atoms with Crippen LogP contribution in [0.15, 0.2) is 24.4 Å². The van der Waals surface area contributed by atoms with Gasteiger partial charge in [-0.25, -0.2) is 9.37 Å². The smallest absolute Gasteiger partial charge is 0.296 e. The van der Waals surface area contributed by atoms with Crippen molar-refractivity contribution in [3.63, 3.8) is 0 Å². The van der Waals surface area contributed by atoms with E-state index in [4.69, 9.17) is 33.7 Å². The quantitative estimate of drug-likeness (QED) is 0.505. The van der Waals surface area contributed by atoms with E-state index in [-0.39, 0.29) is 33.6 Å². The fourth-order valence-electron chi connectivity index (χ4n) is 3.38. The van der Waals surface area contributed by atoms with Crippen molar-refractivity contribution in [2.45, 2.75) is 51.2 Å². The molecule has 1 aromatic carbocycles. The Bertz CT molecular complexity index is 998. The van der Waals surface area contributed by atoms with Crippen LogP contribution in [0.3, 0.4) is 0 Å². The number of carbonyl (C=O) groups excluding carboxylic acids is 1. The fraction of sp³-hybridized carbons (Fsp3) is 0.364. The number of rotatable bonds is 4. The molecule has 1 amide bonds. The lowest BCUT2D eigenvalue weighted by Gasteiger charge is -2.21. The molecule has 3 rings (SSSR count). The molecule has 0 bridgehead atoms. The van der Waals surface area contributed by atoms with Crippen molar-refractivity contribution in [2.75, 3.05) is 5.73 Å². The highest BCUT2D eigenvalue weighted by Gasteiger charge is 2.20. The Hall–Kier alpha value is -2.49. The van der Waals surface area contributed by atoms with Gasteiger partial charge in [-0.05, 0) is 31.9 Å². The first-order chi connectivity index (χ1) is 14.3. The average molecular weight is 450 g/mol. The first-order valence-corrected chi connectivity index (χ1v) is 10.5. The van der Waals surface area contributed by atoms with E-state index >= 15 is 0 Å². The number of nitrogens with one attached hydrogen (secondary N) is 1. The molecule has 1 aromatic heterocycles. The van der Waals surface area contributed by atoms with Gasteiger partial charge in [-0.15, -0.1) is 0 Å². The molecule has 8 heteroatoms. The Morgan fingerprint density at radius 2 is 2.07 bits per heavy atom. The summed E-state index contributed by atoms with van der Waals surface area (Å²) in [4.78, 5) is 16.1. The predicted octanol–water partition coefficient (Wildman–Crippen LogP) is 5.05. The maximum atomic E-state index is 13.8. The van der Waals surface area contributed by atoms with Gasteiger partial charge in [-0.3, -0.25) is 4.79 Å². The third-order valence-electron chi connectivity index (χ3n) is 4.93. The van der Waals surface area contributed by atoms with E-state index in [1.54, 1.807) is 13.0 Å². The highest BCUT2D eigenvalue weighted by Crippen LogP contribution is 2.35. The molecule has 1 heterocycles. The van der Waals surface area contributed by atoms with E-state index in [0.717, 1.165) is 25.7 Å². The number of benzene rings is 1. The molecule has 5 nitrogen and oxygen atoms in total. The molecule has 0 saturated heterocycles. The second-order valence-electron chi connectivity index (χ2n) is 7.18. The topological polar surface area (TPSA) is 77.2 Å². The van der Waals surface area contributed by atoms with Gasteiger partial charge in [0, 0.05) is 40.4 Å². The van der Waals surface area contributed by atoms with E-state index in [1.807, 2.05) is 0 Å². The predicted molar refractivity (Wildman–Crippen MR) is 116 cm³/mol. The van der Waals surface area contributed by atoms with E-state index < -0.39 is 11.9 Å². The van der Waals surface area contributed by atoms with E-state index in [1.165, 1.54) is 24.8 Å². The Morgan fingerprint density at radius 3 is 2.80 bits per heavy atom. The van der Waals surface area contributed by atoms with Gasteiger partial charge in [-0.1, -0.05) is 48.4 Å². The summed E-state index contributed by atoms with van der Waals surface area (Å²) in [6.07, 6.45) is 6.19. The fourth-order valence-corrected chi connectivity index (χ4v) is 4.06. The van der Waals surface area contributed by atoms with E-state index in [0.29, 0.717) is 11.1 Å². The third kappa shape index (κ3) is 5.56. The summed E-state index contributed by atoms with van der Waals surface area (Å²) in [6, 6.07) is 4.35. The van der Waals surface area contributed by atoms with Crippen molar-refractivity contribution in [2.24, 2.45) is 0 Å². The highest BCUT2D eigenvalue weighted by molar-refractivity contribution is 6.36. The number of aromatic nitrogens is 1. The summed E-state index contributed by atoms with van der Waals surface area (Å²) in [7, 11) is 0. The number of pyridine rings is 1. The number of hydrogen-bond acceptors (Lipinski definition) is 4. The van der Waals surface area contributed by atoms with Gasteiger partial charge in [-0.2, -0.15) is 0 Å². The zero-order valence-corrected chi connectivity index (χ0v) is 18.0. The zero-order valence-electron chi connectivity index (χ0n) is 16.5. The summed E-state index contributed by atoms with van der Waals surface area (Å²) < 4.78 is 19.6. The molecule has 0 aliphatic heterocycles. The van der Waals surface area contributed by atoms with Crippen LogP contribution < -0.4 is 15.8 Å².